The lowest BCUT2D eigenvalue weighted by molar-refractivity contribution is -0.126. The van der Waals surface area contributed by atoms with Crippen LogP contribution < -0.4 is 10.6 Å². The van der Waals surface area contributed by atoms with Gasteiger partial charge in [0.2, 0.25) is 5.91 Å². The van der Waals surface area contributed by atoms with Gasteiger partial charge in [0.25, 0.3) is 0 Å². The van der Waals surface area contributed by atoms with Crippen molar-refractivity contribution in [3.63, 3.8) is 0 Å². The van der Waals surface area contributed by atoms with Crippen LogP contribution in [0.25, 0.3) is 0 Å². The van der Waals surface area contributed by atoms with Crippen LogP contribution in [0.5, 0.6) is 0 Å². The molecule has 0 bridgehead atoms. The molecule has 1 aromatic rings. The summed E-state index contributed by atoms with van der Waals surface area (Å²) in [5.41, 5.74) is 1.03. The van der Waals surface area contributed by atoms with E-state index in [1.54, 1.807) is 0 Å². The molecule has 5 heteroatoms. The van der Waals surface area contributed by atoms with Crippen molar-refractivity contribution >= 4 is 17.5 Å². The van der Waals surface area contributed by atoms with Crippen LogP contribution in [-0.4, -0.2) is 43.0 Å². The van der Waals surface area contributed by atoms with Gasteiger partial charge in [-0.25, -0.2) is 0 Å². The van der Waals surface area contributed by atoms with E-state index < -0.39 is 0 Å². The predicted octanol–water partition coefficient (Wildman–Crippen LogP) is 1.81. The molecule has 2 rings (SSSR count). The van der Waals surface area contributed by atoms with Crippen molar-refractivity contribution in [3.8, 4) is 0 Å². The number of halogens is 1. The molecule has 0 saturated carbocycles. The topological polar surface area (TPSA) is 44.4 Å². The number of piperazine rings is 1. The molecule has 1 heterocycles. The SMILES string of the molecule is CC(NC(=O)C(C)N1CCNCC1)c1cccc(Cl)c1. The Kier molecular flexibility index (Phi) is 5.40. The molecule has 1 aliphatic heterocycles. The van der Waals surface area contributed by atoms with Gasteiger partial charge in [0, 0.05) is 31.2 Å². The number of hydrogen-bond acceptors (Lipinski definition) is 3. The molecule has 2 atom stereocenters. The fourth-order valence-electron chi connectivity index (χ4n) is 2.43. The van der Waals surface area contributed by atoms with Crippen LogP contribution >= 0.6 is 11.6 Å². The molecule has 0 aromatic heterocycles. The van der Waals surface area contributed by atoms with Gasteiger partial charge in [-0.1, -0.05) is 23.7 Å². The van der Waals surface area contributed by atoms with E-state index >= 15 is 0 Å². The van der Waals surface area contributed by atoms with E-state index in [1.807, 2.05) is 38.1 Å². The van der Waals surface area contributed by atoms with E-state index in [1.165, 1.54) is 0 Å². The smallest absolute Gasteiger partial charge is 0.237 e. The fraction of sp³-hybridized carbons (Fsp3) is 0.533. The summed E-state index contributed by atoms with van der Waals surface area (Å²) in [4.78, 5) is 14.5. The van der Waals surface area contributed by atoms with Crippen LogP contribution in [-0.2, 0) is 4.79 Å². The number of hydrogen-bond donors (Lipinski definition) is 2. The highest BCUT2D eigenvalue weighted by Gasteiger charge is 2.23. The minimum Gasteiger partial charge on any atom is -0.348 e. The maximum atomic E-state index is 12.3. The van der Waals surface area contributed by atoms with Gasteiger partial charge in [-0.3, -0.25) is 9.69 Å². The molecule has 4 nitrogen and oxygen atoms in total. The molecule has 1 amide bonds. The van der Waals surface area contributed by atoms with Gasteiger partial charge >= 0.3 is 0 Å². The van der Waals surface area contributed by atoms with E-state index in [0.29, 0.717) is 5.02 Å². The summed E-state index contributed by atoms with van der Waals surface area (Å²) in [7, 11) is 0. The quantitative estimate of drug-likeness (QED) is 0.890. The van der Waals surface area contributed by atoms with Crippen LogP contribution in [0.2, 0.25) is 5.02 Å². The van der Waals surface area contributed by atoms with Crippen molar-refractivity contribution in [3.05, 3.63) is 34.9 Å². The number of amides is 1. The molecule has 1 saturated heterocycles. The van der Waals surface area contributed by atoms with Crippen LogP contribution in [0.15, 0.2) is 24.3 Å². The van der Waals surface area contributed by atoms with Crippen LogP contribution in [0.3, 0.4) is 0 Å². The molecular weight excluding hydrogens is 274 g/mol. The lowest BCUT2D eigenvalue weighted by Crippen LogP contribution is -2.52. The highest BCUT2D eigenvalue weighted by molar-refractivity contribution is 6.30. The van der Waals surface area contributed by atoms with Crippen molar-refractivity contribution in [1.82, 2.24) is 15.5 Å². The highest BCUT2D eigenvalue weighted by atomic mass is 35.5. The molecule has 2 unspecified atom stereocenters. The van der Waals surface area contributed by atoms with Crippen molar-refractivity contribution in [2.24, 2.45) is 0 Å². The number of carbonyl (C=O) groups excluding carboxylic acids is 1. The Hall–Kier alpha value is -1.10. The third-order valence-corrected chi connectivity index (χ3v) is 4.02. The minimum atomic E-state index is -0.0984. The molecule has 0 spiro atoms. The standard InChI is InChI=1S/C15H22ClN3O/c1-11(13-4-3-5-14(16)10-13)18-15(20)12(2)19-8-6-17-7-9-19/h3-5,10-12,17H,6-9H2,1-2H3,(H,18,20). The van der Waals surface area contributed by atoms with Gasteiger partial charge in [-0.05, 0) is 31.5 Å². The zero-order valence-corrected chi connectivity index (χ0v) is 12.8. The number of benzene rings is 1. The second-order valence-electron chi connectivity index (χ2n) is 5.25. The average molecular weight is 296 g/mol. The number of rotatable bonds is 4. The van der Waals surface area contributed by atoms with Crippen molar-refractivity contribution in [2.45, 2.75) is 25.9 Å². The normalized spacial score (nSPS) is 19.4. The monoisotopic (exact) mass is 295 g/mol. The van der Waals surface area contributed by atoms with E-state index in [4.69, 9.17) is 11.6 Å². The van der Waals surface area contributed by atoms with Crippen molar-refractivity contribution < 1.29 is 4.79 Å². The summed E-state index contributed by atoms with van der Waals surface area (Å²) < 4.78 is 0. The van der Waals surface area contributed by atoms with E-state index in [9.17, 15) is 4.79 Å². The average Bonchev–Trinajstić information content (AvgIpc) is 2.47. The summed E-state index contributed by atoms with van der Waals surface area (Å²) in [6.07, 6.45) is 0. The van der Waals surface area contributed by atoms with Crippen LogP contribution in [0, 0.1) is 0 Å². The number of nitrogens with zero attached hydrogens (tertiary/aromatic N) is 1. The molecule has 0 radical (unpaired) electrons. The third-order valence-electron chi connectivity index (χ3n) is 3.79. The molecule has 1 aliphatic rings. The minimum absolute atomic E-state index is 0.0356. The summed E-state index contributed by atoms with van der Waals surface area (Å²) in [6, 6.07) is 7.47. The molecule has 1 fully saturated rings. The van der Waals surface area contributed by atoms with Gasteiger partial charge in [0.1, 0.15) is 0 Å². The van der Waals surface area contributed by atoms with Crippen LogP contribution in [0.1, 0.15) is 25.5 Å². The van der Waals surface area contributed by atoms with Gasteiger partial charge < -0.3 is 10.6 Å². The molecule has 2 N–H and O–H groups in total. The second-order valence-corrected chi connectivity index (χ2v) is 5.68. The summed E-state index contributed by atoms with van der Waals surface area (Å²) in [6.45, 7) is 7.67. The fourth-order valence-corrected chi connectivity index (χ4v) is 2.63. The zero-order valence-electron chi connectivity index (χ0n) is 12.0. The Balaban J connectivity index is 1.93. The van der Waals surface area contributed by atoms with Crippen molar-refractivity contribution in [1.29, 1.82) is 0 Å². The Morgan fingerprint density at radius 2 is 2.05 bits per heavy atom. The lowest BCUT2D eigenvalue weighted by Gasteiger charge is -2.32. The molecule has 0 aliphatic carbocycles. The summed E-state index contributed by atoms with van der Waals surface area (Å²) in [5.74, 6) is 0.0689. The Bertz CT molecular complexity index is 460. The third kappa shape index (κ3) is 3.95. The number of carbonyl (C=O) groups is 1. The summed E-state index contributed by atoms with van der Waals surface area (Å²) in [5, 5.41) is 7.05. The van der Waals surface area contributed by atoms with E-state index in [-0.39, 0.29) is 18.0 Å². The summed E-state index contributed by atoms with van der Waals surface area (Å²) >= 11 is 5.98. The maximum Gasteiger partial charge on any atom is 0.237 e. The molecular formula is C15H22ClN3O. The van der Waals surface area contributed by atoms with Gasteiger partial charge in [-0.15, -0.1) is 0 Å². The first kappa shape index (κ1) is 15.3. The first-order valence-electron chi connectivity index (χ1n) is 7.08. The van der Waals surface area contributed by atoms with Gasteiger partial charge in [0.05, 0.1) is 12.1 Å². The molecule has 110 valence electrons. The zero-order chi connectivity index (χ0) is 14.5. The first-order chi connectivity index (χ1) is 9.58. The van der Waals surface area contributed by atoms with Gasteiger partial charge in [0.15, 0.2) is 0 Å². The second kappa shape index (κ2) is 7.07. The first-order valence-corrected chi connectivity index (χ1v) is 7.46. The Labute approximate surface area is 125 Å². The Morgan fingerprint density at radius 1 is 1.35 bits per heavy atom. The van der Waals surface area contributed by atoms with Gasteiger partial charge in [-0.2, -0.15) is 0 Å². The molecule has 1 aromatic carbocycles. The number of nitrogens with one attached hydrogen (secondary N) is 2. The van der Waals surface area contributed by atoms with E-state index in [2.05, 4.69) is 15.5 Å². The van der Waals surface area contributed by atoms with Crippen molar-refractivity contribution in [2.75, 3.05) is 26.2 Å². The van der Waals surface area contributed by atoms with Crippen LogP contribution in [0.4, 0.5) is 0 Å². The largest absolute Gasteiger partial charge is 0.348 e. The maximum absolute atomic E-state index is 12.3. The van der Waals surface area contributed by atoms with E-state index in [0.717, 1.165) is 31.7 Å². The lowest BCUT2D eigenvalue weighted by atomic mass is 10.1. The Morgan fingerprint density at radius 3 is 2.70 bits per heavy atom. The molecule has 20 heavy (non-hydrogen) atoms. The predicted molar refractivity (Wildman–Crippen MR) is 81.9 cm³/mol. The highest BCUT2D eigenvalue weighted by Crippen LogP contribution is 2.17.